The highest BCUT2D eigenvalue weighted by atomic mass is 35.5. The number of hydrogen-bond donors (Lipinski definition) is 3. The summed E-state index contributed by atoms with van der Waals surface area (Å²) in [4.78, 5) is 21.5. The molecule has 0 spiro atoms. The van der Waals surface area contributed by atoms with Gasteiger partial charge < -0.3 is 16.2 Å². The molecule has 0 saturated carbocycles. The van der Waals surface area contributed by atoms with Gasteiger partial charge in [-0.25, -0.2) is 4.79 Å². The van der Waals surface area contributed by atoms with Gasteiger partial charge in [0.05, 0.1) is 5.02 Å². The van der Waals surface area contributed by atoms with Crippen LogP contribution in [0.1, 0.15) is 5.56 Å². The third-order valence-electron chi connectivity index (χ3n) is 1.88. The van der Waals surface area contributed by atoms with Crippen LogP contribution in [-0.2, 0) is 11.3 Å². The van der Waals surface area contributed by atoms with Crippen molar-refractivity contribution in [1.29, 1.82) is 0 Å². The number of rotatable bonds is 4. The van der Waals surface area contributed by atoms with Crippen LogP contribution in [0, 0.1) is 0 Å². The summed E-state index contributed by atoms with van der Waals surface area (Å²) >= 11 is 5.89. The molecule has 0 atom stereocenters. The van der Waals surface area contributed by atoms with Gasteiger partial charge in [-0.15, -0.1) is 0 Å². The molecule has 1 rings (SSSR count). The molecular formula is C10H12ClN3O3. The van der Waals surface area contributed by atoms with Gasteiger partial charge in [-0.2, -0.15) is 0 Å². The number of nitrogens with one attached hydrogen (secondary N) is 1. The Hall–Kier alpha value is -1.79. The third-order valence-corrected chi connectivity index (χ3v) is 2.18. The van der Waals surface area contributed by atoms with Gasteiger partial charge in [0.2, 0.25) is 0 Å². The number of urea groups is 1. The van der Waals surface area contributed by atoms with Gasteiger partial charge in [0.15, 0.2) is 6.61 Å². The number of hydrogen-bond acceptors (Lipinski definition) is 4. The molecule has 1 aromatic carbocycles. The van der Waals surface area contributed by atoms with Crippen LogP contribution in [0.2, 0.25) is 5.02 Å². The van der Waals surface area contributed by atoms with E-state index >= 15 is 0 Å². The summed E-state index contributed by atoms with van der Waals surface area (Å²) in [6, 6.07) is 4.13. The minimum absolute atomic E-state index is 0.229. The SMILES string of the molecule is NCc1cccc(Cl)c1OCC(=O)NC(N)=O. The summed E-state index contributed by atoms with van der Waals surface area (Å²) in [7, 11) is 0. The van der Waals surface area contributed by atoms with E-state index in [2.05, 4.69) is 0 Å². The zero-order valence-corrected chi connectivity index (χ0v) is 9.66. The minimum Gasteiger partial charge on any atom is -0.482 e. The second kappa shape index (κ2) is 6.07. The standard InChI is InChI=1S/C10H12ClN3O3/c11-7-3-1-2-6(4-12)9(7)17-5-8(15)14-10(13)16/h1-3H,4-5,12H2,(H3,13,14,15,16). The lowest BCUT2D eigenvalue weighted by atomic mass is 10.2. The summed E-state index contributed by atoms with van der Waals surface area (Å²) in [5.41, 5.74) is 10.9. The largest absolute Gasteiger partial charge is 0.482 e. The van der Waals surface area contributed by atoms with E-state index in [1.165, 1.54) is 0 Å². The molecule has 0 aromatic heterocycles. The fourth-order valence-corrected chi connectivity index (χ4v) is 1.44. The zero-order valence-electron chi connectivity index (χ0n) is 8.90. The fourth-order valence-electron chi connectivity index (χ4n) is 1.19. The quantitative estimate of drug-likeness (QED) is 0.724. The topological polar surface area (TPSA) is 107 Å². The van der Waals surface area contributed by atoms with Gasteiger partial charge in [-0.3, -0.25) is 10.1 Å². The van der Waals surface area contributed by atoms with Gasteiger partial charge in [0, 0.05) is 12.1 Å². The van der Waals surface area contributed by atoms with Gasteiger partial charge in [-0.1, -0.05) is 23.7 Å². The predicted octanol–water partition coefficient (Wildman–Crippen LogP) is 0.372. The van der Waals surface area contributed by atoms with Crippen molar-refractivity contribution in [3.05, 3.63) is 28.8 Å². The molecule has 0 unspecified atom stereocenters. The summed E-state index contributed by atoms with van der Waals surface area (Å²) in [5, 5.41) is 2.22. The van der Waals surface area contributed by atoms with Crippen LogP contribution in [0.3, 0.4) is 0 Å². The molecule has 0 aliphatic carbocycles. The summed E-state index contributed by atoms with van der Waals surface area (Å²) < 4.78 is 5.19. The number of nitrogens with two attached hydrogens (primary N) is 2. The number of primary amides is 1. The van der Waals surface area contributed by atoms with Crippen molar-refractivity contribution in [2.45, 2.75) is 6.54 Å². The molecule has 0 heterocycles. The lowest BCUT2D eigenvalue weighted by Gasteiger charge is -2.11. The Balaban J connectivity index is 2.68. The monoisotopic (exact) mass is 257 g/mol. The first-order chi connectivity index (χ1) is 8.04. The first-order valence-corrected chi connectivity index (χ1v) is 5.12. The smallest absolute Gasteiger partial charge is 0.318 e. The van der Waals surface area contributed by atoms with Crippen LogP contribution in [0.15, 0.2) is 18.2 Å². The van der Waals surface area contributed by atoms with E-state index < -0.39 is 11.9 Å². The maximum absolute atomic E-state index is 11.1. The Bertz CT molecular complexity index is 437. The summed E-state index contributed by atoms with van der Waals surface area (Å²) in [5.74, 6) is -0.323. The zero-order chi connectivity index (χ0) is 12.8. The van der Waals surface area contributed by atoms with Crippen molar-refractivity contribution in [3.63, 3.8) is 0 Å². The molecule has 7 heteroatoms. The Morgan fingerprint density at radius 1 is 1.41 bits per heavy atom. The van der Waals surface area contributed by atoms with Crippen LogP contribution >= 0.6 is 11.6 Å². The molecule has 0 bridgehead atoms. The molecule has 0 radical (unpaired) electrons. The average molecular weight is 258 g/mol. The van der Waals surface area contributed by atoms with Crippen LogP contribution in [0.4, 0.5) is 4.79 Å². The number of benzene rings is 1. The number of para-hydroxylation sites is 1. The highest BCUT2D eigenvalue weighted by molar-refractivity contribution is 6.32. The summed E-state index contributed by atoms with van der Waals surface area (Å²) in [6.07, 6.45) is 0. The maximum Gasteiger partial charge on any atom is 0.318 e. The van der Waals surface area contributed by atoms with Gasteiger partial charge in [0.1, 0.15) is 5.75 Å². The molecule has 1 aromatic rings. The van der Waals surface area contributed by atoms with E-state index in [0.29, 0.717) is 16.3 Å². The Labute approximate surface area is 103 Å². The van der Waals surface area contributed by atoms with Crippen LogP contribution in [0.5, 0.6) is 5.75 Å². The molecule has 0 fully saturated rings. The third kappa shape index (κ3) is 3.93. The lowest BCUT2D eigenvalue weighted by Crippen LogP contribution is -2.38. The van der Waals surface area contributed by atoms with Gasteiger partial charge >= 0.3 is 6.03 Å². The highest BCUT2D eigenvalue weighted by Crippen LogP contribution is 2.28. The molecule has 0 aliphatic rings. The second-order valence-corrected chi connectivity index (χ2v) is 3.54. The molecule has 17 heavy (non-hydrogen) atoms. The van der Waals surface area contributed by atoms with Crippen LogP contribution < -0.4 is 21.5 Å². The number of imide groups is 1. The van der Waals surface area contributed by atoms with Crippen LogP contribution in [0.25, 0.3) is 0 Å². The van der Waals surface area contributed by atoms with E-state index in [1.807, 2.05) is 5.32 Å². The number of ether oxygens (including phenoxy) is 1. The van der Waals surface area contributed by atoms with E-state index in [4.69, 9.17) is 27.8 Å². The average Bonchev–Trinajstić information content (AvgIpc) is 2.26. The van der Waals surface area contributed by atoms with Gasteiger partial charge in [-0.05, 0) is 6.07 Å². The molecule has 0 saturated heterocycles. The fraction of sp³-hybridized carbons (Fsp3) is 0.200. The minimum atomic E-state index is -0.934. The Morgan fingerprint density at radius 3 is 2.71 bits per heavy atom. The van der Waals surface area contributed by atoms with Crippen LogP contribution in [-0.4, -0.2) is 18.5 Å². The lowest BCUT2D eigenvalue weighted by molar-refractivity contribution is -0.121. The van der Waals surface area contributed by atoms with Crippen molar-refractivity contribution < 1.29 is 14.3 Å². The van der Waals surface area contributed by atoms with E-state index in [-0.39, 0.29) is 13.2 Å². The number of halogens is 1. The van der Waals surface area contributed by atoms with E-state index in [1.54, 1.807) is 18.2 Å². The normalized spacial score (nSPS) is 9.76. The number of carbonyl (C=O) groups excluding carboxylic acids is 2. The molecule has 3 amide bonds. The summed E-state index contributed by atoms with van der Waals surface area (Å²) in [6.45, 7) is -0.132. The van der Waals surface area contributed by atoms with Crippen molar-refractivity contribution in [2.75, 3.05) is 6.61 Å². The van der Waals surface area contributed by atoms with Crippen molar-refractivity contribution in [3.8, 4) is 5.75 Å². The first kappa shape index (κ1) is 13.3. The van der Waals surface area contributed by atoms with Crippen molar-refractivity contribution in [1.82, 2.24) is 5.32 Å². The molecule has 0 aliphatic heterocycles. The Morgan fingerprint density at radius 2 is 2.12 bits per heavy atom. The molecule has 5 N–H and O–H groups in total. The second-order valence-electron chi connectivity index (χ2n) is 3.13. The molecule has 92 valence electrons. The van der Waals surface area contributed by atoms with E-state index in [9.17, 15) is 9.59 Å². The Kier molecular flexibility index (Phi) is 4.74. The molecular weight excluding hydrogens is 246 g/mol. The number of amides is 3. The van der Waals surface area contributed by atoms with Crippen molar-refractivity contribution in [2.24, 2.45) is 11.5 Å². The van der Waals surface area contributed by atoms with E-state index in [0.717, 1.165) is 0 Å². The first-order valence-electron chi connectivity index (χ1n) is 4.74. The molecule has 6 nitrogen and oxygen atoms in total. The highest BCUT2D eigenvalue weighted by Gasteiger charge is 2.10. The maximum atomic E-state index is 11.1. The van der Waals surface area contributed by atoms with Gasteiger partial charge in [0.25, 0.3) is 5.91 Å². The van der Waals surface area contributed by atoms with Crippen molar-refractivity contribution >= 4 is 23.5 Å². The number of carbonyl (C=O) groups is 2. The predicted molar refractivity (Wildman–Crippen MR) is 62.6 cm³/mol.